The van der Waals surface area contributed by atoms with Gasteiger partial charge in [0.25, 0.3) is 0 Å². The fourth-order valence-corrected chi connectivity index (χ4v) is 1.62. The number of halogens is 2. The Kier molecular flexibility index (Phi) is 7.35. The molecule has 0 heterocycles. The van der Waals surface area contributed by atoms with Crippen LogP contribution in [0.2, 0.25) is 0 Å². The predicted molar refractivity (Wildman–Crippen MR) is 69.5 cm³/mol. The predicted octanol–water partition coefficient (Wildman–Crippen LogP) is 4.14. The van der Waals surface area contributed by atoms with Crippen LogP contribution < -0.4 is 5.73 Å². The second-order valence-corrected chi connectivity index (χ2v) is 4.11. The Morgan fingerprint density at radius 1 is 1.31 bits per heavy atom. The Morgan fingerprint density at radius 3 is 2.56 bits per heavy atom. The minimum atomic E-state index is -0.154. The van der Waals surface area contributed by atoms with E-state index in [1.54, 1.807) is 19.1 Å². The van der Waals surface area contributed by atoms with Crippen LogP contribution in [0, 0.1) is 12.7 Å². The van der Waals surface area contributed by atoms with Crippen LogP contribution in [0.3, 0.4) is 0 Å². The van der Waals surface area contributed by atoms with Crippen LogP contribution in [0.25, 0.3) is 0 Å². The second kappa shape index (κ2) is 7.64. The Balaban J connectivity index is 0.00000225. The highest BCUT2D eigenvalue weighted by Crippen LogP contribution is 2.19. The molecule has 0 spiro atoms. The summed E-state index contributed by atoms with van der Waals surface area (Å²) >= 11 is 0. The third-order valence-corrected chi connectivity index (χ3v) is 2.74. The third-order valence-electron chi connectivity index (χ3n) is 2.74. The first kappa shape index (κ1) is 15.4. The molecule has 0 radical (unpaired) electrons. The van der Waals surface area contributed by atoms with Gasteiger partial charge in [0.1, 0.15) is 5.82 Å². The first-order chi connectivity index (χ1) is 7.15. The van der Waals surface area contributed by atoms with Crippen molar-refractivity contribution < 1.29 is 4.39 Å². The van der Waals surface area contributed by atoms with Gasteiger partial charge >= 0.3 is 0 Å². The minimum Gasteiger partial charge on any atom is -0.324 e. The van der Waals surface area contributed by atoms with Gasteiger partial charge in [0.2, 0.25) is 0 Å². The highest BCUT2D eigenvalue weighted by Gasteiger charge is 2.07. The molecule has 0 saturated heterocycles. The molecule has 1 nitrogen and oxygen atoms in total. The molecule has 0 fully saturated rings. The van der Waals surface area contributed by atoms with E-state index < -0.39 is 0 Å². The molecule has 1 aromatic rings. The Hall–Kier alpha value is -0.600. The quantitative estimate of drug-likeness (QED) is 0.776. The van der Waals surface area contributed by atoms with Crippen LogP contribution in [0.4, 0.5) is 4.39 Å². The number of hydrogen-bond donors (Lipinski definition) is 1. The largest absolute Gasteiger partial charge is 0.324 e. The normalized spacial score (nSPS) is 12.0. The molecule has 0 aliphatic carbocycles. The molecule has 0 bridgehead atoms. The molecule has 1 atom stereocenters. The van der Waals surface area contributed by atoms with Crippen molar-refractivity contribution in [1.82, 2.24) is 0 Å². The second-order valence-electron chi connectivity index (χ2n) is 4.11. The Labute approximate surface area is 104 Å². The Morgan fingerprint density at radius 2 is 2.00 bits per heavy atom. The van der Waals surface area contributed by atoms with Crippen LogP contribution in [-0.2, 0) is 0 Å². The van der Waals surface area contributed by atoms with Crippen molar-refractivity contribution in [2.24, 2.45) is 5.73 Å². The zero-order valence-electron chi connectivity index (χ0n) is 10.0. The summed E-state index contributed by atoms with van der Waals surface area (Å²) in [6.07, 6.45) is 4.44. The highest BCUT2D eigenvalue weighted by atomic mass is 35.5. The standard InChI is InChI=1S/C13H20FN.ClH/c1-3-4-5-6-13(15)11-8-7-10(2)12(14)9-11;/h7-9,13H,3-6,15H2,1-2H3;1H/t13-;/m1./s1. The fourth-order valence-electron chi connectivity index (χ4n) is 1.62. The van der Waals surface area contributed by atoms with Crippen LogP contribution >= 0.6 is 12.4 Å². The molecular weight excluding hydrogens is 225 g/mol. The maximum absolute atomic E-state index is 13.3. The molecule has 92 valence electrons. The number of hydrogen-bond acceptors (Lipinski definition) is 1. The van der Waals surface area contributed by atoms with Gasteiger partial charge in [-0.3, -0.25) is 0 Å². The van der Waals surface area contributed by atoms with Gasteiger partial charge in [-0.15, -0.1) is 12.4 Å². The van der Waals surface area contributed by atoms with E-state index in [0.717, 1.165) is 18.4 Å². The van der Waals surface area contributed by atoms with Crippen molar-refractivity contribution >= 4 is 12.4 Å². The summed E-state index contributed by atoms with van der Waals surface area (Å²) in [6.45, 7) is 3.93. The molecule has 0 aliphatic rings. The number of aryl methyl sites for hydroxylation is 1. The van der Waals surface area contributed by atoms with Gasteiger partial charge in [-0.2, -0.15) is 0 Å². The van der Waals surface area contributed by atoms with Gasteiger partial charge in [0.05, 0.1) is 0 Å². The molecular formula is C13H21ClFN. The van der Waals surface area contributed by atoms with Crippen molar-refractivity contribution in [3.05, 3.63) is 35.1 Å². The SMILES string of the molecule is CCCCC[C@@H](N)c1ccc(C)c(F)c1.Cl. The summed E-state index contributed by atoms with van der Waals surface area (Å²) in [7, 11) is 0. The van der Waals surface area contributed by atoms with Crippen molar-refractivity contribution in [1.29, 1.82) is 0 Å². The molecule has 1 rings (SSSR count). The van der Waals surface area contributed by atoms with Gasteiger partial charge in [0.15, 0.2) is 0 Å². The van der Waals surface area contributed by atoms with Crippen molar-refractivity contribution in [3.8, 4) is 0 Å². The summed E-state index contributed by atoms with van der Waals surface area (Å²) in [5.74, 6) is -0.154. The third kappa shape index (κ3) is 4.50. The average molecular weight is 246 g/mol. The Bertz CT molecular complexity index is 315. The van der Waals surface area contributed by atoms with E-state index in [-0.39, 0.29) is 24.3 Å². The number of unbranched alkanes of at least 4 members (excludes halogenated alkanes) is 2. The highest BCUT2D eigenvalue weighted by molar-refractivity contribution is 5.85. The molecule has 0 unspecified atom stereocenters. The summed E-state index contributed by atoms with van der Waals surface area (Å²) in [5, 5.41) is 0. The van der Waals surface area contributed by atoms with Gasteiger partial charge in [-0.25, -0.2) is 4.39 Å². The maximum atomic E-state index is 13.3. The number of nitrogens with two attached hydrogens (primary N) is 1. The van der Waals surface area contributed by atoms with Crippen molar-refractivity contribution in [2.45, 2.75) is 45.6 Å². The minimum absolute atomic E-state index is 0. The van der Waals surface area contributed by atoms with E-state index in [9.17, 15) is 4.39 Å². The zero-order valence-corrected chi connectivity index (χ0v) is 10.8. The zero-order chi connectivity index (χ0) is 11.3. The topological polar surface area (TPSA) is 26.0 Å². The monoisotopic (exact) mass is 245 g/mol. The molecule has 1 aromatic carbocycles. The van der Waals surface area contributed by atoms with Crippen molar-refractivity contribution in [3.63, 3.8) is 0 Å². The van der Waals surface area contributed by atoms with Crippen LogP contribution in [-0.4, -0.2) is 0 Å². The molecule has 0 aliphatic heterocycles. The number of rotatable bonds is 5. The van der Waals surface area contributed by atoms with E-state index in [4.69, 9.17) is 5.73 Å². The summed E-state index contributed by atoms with van der Waals surface area (Å²) < 4.78 is 13.3. The van der Waals surface area contributed by atoms with E-state index >= 15 is 0 Å². The van der Waals surface area contributed by atoms with E-state index in [1.165, 1.54) is 12.8 Å². The smallest absolute Gasteiger partial charge is 0.126 e. The van der Waals surface area contributed by atoms with Crippen LogP contribution in [0.5, 0.6) is 0 Å². The first-order valence-corrected chi connectivity index (χ1v) is 5.66. The lowest BCUT2D eigenvalue weighted by molar-refractivity contribution is 0.570. The van der Waals surface area contributed by atoms with E-state index in [1.807, 2.05) is 6.07 Å². The average Bonchev–Trinajstić information content (AvgIpc) is 2.22. The van der Waals surface area contributed by atoms with Crippen LogP contribution in [0.15, 0.2) is 18.2 Å². The van der Waals surface area contributed by atoms with Gasteiger partial charge < -0.3 is 5.73 Å². The van der Waals surface area contributed by atoms with E-state index in [2.05, 4.69) is 6.92 Å². The lowest BCUT2D eigenvalue weighted by Gasteiger charge is -2.12. The van der Waals surface area contributed by atoms with E-state index in [0.29, 0.717) is 5.56 Å². The summed E-state index contributed by atoms with van der Waals surface area (Å²) in [4.78, 5) is 0. The lowest BCUT2D eigenvalue weighted by Crippen LogP contribution is -2.10. The molecule has 16 heavy (non-hydrogen) atoms. The maximum Gasteiger partial charge on any atom is 0.126 e. The fraction of sp³-hybridized carbons (Fsp3) is 0.538. The lowest BCUT2D eigenvalue weighted by atomic mass is 10.00. The summed E-state index contributed by atoms with van der Waals surface area (Å²) in [6, 6.07) is 5.26. The van der Waals surface area contributed by atoms with Gasteiger partial charge in [0, 0.05) is 6.04 Å². The van der Waals surface area contributed by atoms with Crippen molar-refractivity contribution in [2.75, 3.05) is 0 Å². The molecule has 0 saturated carbocycles. The summed E-state index contributed by atoms with van der Waals surface area (Å²) in [5.41, 5.74) is 7.58. The number of benzene rings is 1. The molecule has 0 aromatic heterocycles. The molecule has 0 amide bonds. The van der Waals surface area contributed by atoms with Crippen LogP contribution in [0.1, 0.15) is 49.8 Å². The van der Waals surface area contributed by atoms with Gasteiger partial charge in [-0.05, 0) is 30.5 Å². The first-order valence-electron chi connectivity index (χ1n) is 5.66. The molecule has 2 N–H and O–H groups in total. The van der Waals surface area contributed by atoms with Gasteiger partial charge in [-0.1, -0.05) is 38.3 Å². The molecule has 3 heteroatoms.